The summed E-state index contributed by atoms with van der Waals surface area (Å²) in [7, 11) is 1.24. The molecule has 0 spiro atoms. The van der Waals surface area contributed by atoms with Crippen LogP contribution in [0.4, 0.5) is 4.79 Å². The second-order valence-electron chi connectivity index (χ2n) is 8.35. The lowest BCUT2D eigenvalue weighted by atomic mass is 9.83. The topological polar surface area (TPSA) is 111 Å². The van der Waals surface area contributed by atoms with Gasteiger partial charge in [0.05, 0.1) is 7.11 Å². The minimum Gasteiger partial charge on any atom is -0.467 e. The molecule has 2 aromatic rings. The Hall–Kier alpha value is -3.68. The summed E-state index contributed by atoms with van der Waals surface area (Å²) in [6.45, 7) is 0.0569. The Bertz CT molecular complexity index is 979. The lowest BCUT2D eigenvalue weighted by Crippen LogP contribution is -2.55. The fourth-order valence-electron chi connectivity index (χ4n) is 4.06. The molecule has 2 amide bonds. The zero-order chi connectivity index (χ0) is 24.3. The summed E-state index contributed by atoms with van der Waals surface area (Å²) in [4.78, 5) is 50.1. The largest absolute Gasteiger partial charge is 0.467 e. The van der Waals surface area contributed by atoms with Crippen LogP contribution < -0.4 is 10.6 Å². The molecule has 0 saturated heterocycles. The van der Waals surface area contributed by atoms with Crippen LogP contribution in [0.3, 0.4) is 0 Å². The molecule has 3 rings (SSSR count). The van der Waals surface area contributed by atoms with Crippen molar-refractivity contribution in [1.29, 1.82) is 0 Å². The van der Waals surface area contributed by atoms with E-state index in [1.54, 1.807) is 0 Å². The summed E-state index contributed by atoms with van der Waals surface area (Å²) < 4.78 is 10.2. The van der Waals surface area contributed by atoms with Gasteiger partial charge in [-0.05, 0) is 29.9 Å². The third kappa shape index (κ3) is 7.43. The van der Waals surface area contributed by atoms with E-state index in [1.165, 1.54) is 7.11 Å². The summed E-state index contributed by atoms with van der Waals surface area (Å²) in [6.07, 6.45) is 1.42. The maximum Gasteiger partial charge on any atom is 0.408 e. The molecule has 1 fully saturated rings. The number of hydrogen-bond acceptors (Lipinski definition) is 6. The van der Waals surface area contributed by atoms with E-state index in [1.807, 2.05) is 60.7 Å². The lowest BCUT2D eigenvalue weighted by molar-refractivity contribution is -0.147. The maximum atomic E-state index is 13.2. The van der Waals surface area contributed by atoms with Gasteiger partial charge in [-0.2, -0.15) is 0 Å². The van der Waals surface area contributed by atoms with Crippen LogP contribution in [-0.2, 0) is 36.9 Å². The molecule has 34 heavy (non-hydrogen) atoms. The van der Waals surface area contributed by atoms with Crippen LogP contribution in [-0.4, -0.2) is 42.9 Å². The highest BCUT2D eigenvalue weighted by Gasteiger charge is 2.36. The van der Waals surface area contributed by atoms with Gasteiger partial charge < -0.3 is 20.1 Å². The molecule has 0 bridgehead atoms. The molecule has 8 heteroatoms. The van der Waals surface area contributed by atoms with Crippen molar-refractivity contribution in [2.75, 3.05) is 7.11 Å². The third-order valence-corrected chi connectivity index (χ3v) is 5.85. The molecule has 0 unspecified atom stereocenters. The van der Waals surface area contributed by atoms with E-state index >= 15 is 0 Å². The van der Waals surface area contributed by atoms with Crippen molar-refractivity contribution in [2.24, 2.45) is 5.92 Å². The van der Waals surface area contributed by atoms with Crippen LogP contribution in [0.5, 0.6) is 0 Å². The second kappa shape index (κ2) is 12.5. The number of hydrogen-bond donors (Lipinski definition) is 2. The molecule has 0 aliphatic heterocycles. The van der Waals surface area contributed by atoms with Crippen molar-refractivity contribution < 1.29 is 28.7 Å². The zero-order valence-electron chi connectivity index (χ0n) is 19.2. The highest BCUT2D eigenvalue weighted by molar-refractivity contribution is 5.90. The number of ether oxygens (including phenoxy) is 2. The van der Waals surface area contributed by atoms with E-state index in [0.717, 1.165) is 11.1 Å². The first-order valence-electron chi connectivity index (χ1n) is 11.4. The van der Waals surface area contributed by atoms with Gasteiger partial charge in [0.15, 0.2) is 0 Å². The van der Waals surface area contributed by atoms with Crippen LogP contribution in [0, 0.1) is 5.92 Å². The first-order valence-corrected chi connectivity index (χ1v) is 11.4. The van der Waals surface area contributed by atoms with Crippen LogP contribution >= 0.6 is 0 Å². The highest BCUT2D eigenvalue weighted by Crippen LogP contribution is 2.25. The van der Waals surface area contributed by atoms with Crippen molar-refractivity contribution in [2.45, 2.75) is 50.8 Å². The number of Topliss-reactive ketones (excluding diaryl/α,β-unsaturated/α-hetero) is 1. The quantitative estimate of drug-likeness (QED) is 0.550. The zero-order valence-corrected chi connectivity index (χ0v) is 19.2. The standard InChI is InChI=1S/C26H30N2O6/c1-33-25(31)23(20-13-8-14-21(29)16-20)28-24(30)22(15-18-9-4-2-5-10-18)27-26(32)34-17-19-11-6-3-7-12-19/h2-7,9-12,20,22-23H,8,13-17H2,1H3,(H,27,32)(H,28,30)/t20-,22-,23+/m1/s1. The Kier molecular flexibility index (Phi) is 9.20. The number of benzene rings is 2. The van der Waals surface area contributed by atoms with Gasteiger partial charge in [-0.25, -0.2) is 9.59 Å². The number of carbonyl (C=O) groups excluding carboxylic acids is 4. The summed E-state index contributed by atoms with van der Waals surface area (Å²) in [5.74, 6) is -1.45. The van der Waals surface area contributed by atoms with E-state index < -0.39 is 30.1 Å². The average molecular weight is 467 g/mol. The Morgan fingerprint density at radius 3 is 2.24 bits per heavy atom. The molecule has 1 saturated carbocycles. The molecule has 2 aromatic carbocycles. The minimum absolute atomic E-state index is 0.0569. The van der Waals surface area contributed by atoms with Gasteiger partial charge in [-0.3, -0.25) is 9.59 Å². The monoisotopic (exact) mass is 466 g/mol. The predicted octanol–water partition coefficient (Wildman–Crippen LogP) is 2.94. The van der Waals surface area contributed by atoms with Gasteiger partial charge in [-0.1, -0.05) is 60.7 Å². The van der Waals surface area contributed by atoms with Crippen molar-refractivity contribution in [1.82, 2.24) is 10.6 Å². The molecule has 1 aliphatic carbocycles. The number of carbonyl (C=O) groups is 4. The predicted molar refractivity (Wildman–Crippen MR) is 125 cm³/mol. The van der Waals surface area contributed by atoms with E-state index in [0.29, 0.717) is 19.3 Å². The normalized spacial score (nSPS) is 17.2. The van der Waals surface area contributed by atoms with Crippen LogP contribution in [0.1, 0.15) is 36.8 Å². The van der Waals surface area contributed by atoms with Gasteiger partial charge >= 0.3 is 12.1 Å². The second-order valence-corrected chi connectivity index (χ2v) is 8.35. The average Bonchev–Trinajstić information content (AvgIpc) is 2.86. The number of amides is 2. The Labute approximate surface area is 199 Å². The van der Waals surface area contributed by atoms with Gasteiger partial charge in [0, 0.05) is 19.3 Å². The molecule has 8 nitrogen and oxygen atoms in total. The van der Waals surface area contributed by atoms with Gasteiger partial charge in [0.2, 0.25) is 5.91 Å². The summed E-state index contributed by atoms with van der Waals surface area (Å²) >= 11 is 0. The molecule has 0 heterocycles. The number of rotatable bonds is 9. The molecule has 1 aliphatic rings. The Balaban J connectivity index is 1.71. The van der Waals surface area contributed by atoms with E-state index in [-0.39, 0.29) is 31.1 Å². The third-order valence-electron chi connectivity index (χ3n) is 5.85. The Morgan fingerprint density at radius 2 is 1.62 bits per heavy atom. The maximum absolute atomic E-state index is 13.2. The fraction of sp³-hybridized carbons (Fsp3) is 0.385. The van der Waals surface area contributed by atoms with E-state index in [2.05, 4.69) is 10.6 Å². The number of nitrogens with one attached hydrogen (secondary N) is 2. The van der Waals surface area contributed by atoms with Gasteiger partial charge in [0.25, 0.3) is 0 Å². The smallest absolute Gasteiger partial charge is 0.408 e. The molecular formula is C26H30N2O6. The van der Waals surface area contributed by atoms with Crippen molar-refractivity contribution >= 4 is 23.8 Å². The summed E-state index contributed by atoms with van der Waals surface area (Å²) in [5.41, 5.74) is 1.64. The number of esters is 1. The van der Waals surface area contributed by atoms with E-state index in [9.17, 15) is 19.2 Å². The fourth-order valence-corrected chi connectivity index (χ4v) is 4.06. The Morgan fingerprint density at radius 1 is 0.971 bits per heavy atom. The number of alkyl carbamates (subject to hydrolysis) is 1. The van der Waals surface area contributed by atoms with Crippen LogP contribution in [0.25, 0.3) is 0 Å². The molecule has 180 valence electrons. The van der Waals surface area contributed by atoms with E-state index in [4.69, 9.17) is 9.47 Å². The van der Waals surface area contributed by atoms with Crippen LogP contribution in [0.15, 0.2) is 60.7 Å². The highest BCUT2D eigenvalue weighted by atomic mass is 16.5. The van der Waals surface area contributed by atoms with Crippen molar-refractivity contribution in [3.05, 3.63) is 71.8 Å². The number of ketones is 1. The number of methoxy groups -OCH3 is 1. The summed E-state index contributed by atoms with van der Waals surface area (Å²) in [6, 6.07) is 16.4. The molecule has 0 radical (unpaired) electrons. The summed E-state index contributed by atoms with van der Waals surface area (Å²) in [5, 5.41) is 5.34. The molecular weight excluding hydrogens is 436 g/mol. The molecule has 0 aromatic heterocycles. The van der Waals surface area contributed by atoms with Gasteiger partial charge in [0.1, 0.15) is 24.5 Å². The van der Waals surface area contributed by atoms with Crippen LogP contribution in [0.2, 0.25) is 0 Å². The first-order chi connectivity index (χ1) is 16.5. The van der Waals surface area contributed by atoms with Crippen molar-refractivity contribution in [3.8, 4) is 0 Å². The SMILES string of the molecule is COC(=O)[C@@H](NC(=O)[C@@H](Cc1ccccc1)NC(=O)OCc1ccccc1)[C@@H]1CCCC(=O)C1. The lowest BCUT2D eigenvalue weighted by Gasteiger charge is -2.29. The molecule has 3 atom stereocenters. The molecule has 2 N–H and O–H groups in total. The van der Waals surface area contributed by atoms with Crippen molar-refractivity contribution in [3.63, 3.8) is 0 Å². The first kappa shape index (κ1) is 25.0. The minimum atomic E-state index is -0.989. The van der Waals surface area contributed by atoms with Gasteiger partial charge in [-0.15, -0.1) is 0 Å².